The fourth-order valence-electron chi connectivity index (χ4n) is 2.86. The van der Waals surface area contributed by atoms with E-state index < -0.39 is 0 Å². The number of carbonyl (C=O) groups excluding carboxylic acids is 1. The first-order valence-corrected chi connectivity index (χ1v) is 7.37. The summed E-state index contributed by atoms with van der Waals surface area (Å²) in [6.45, 7) is 5.15. The van der Waals surface area contributed by atoms with Crippen molar-refractivity contribution < 1.29 is 4.79 Å². The van der Waals surface area contributed by atoms with E-state index in [2.05, 4.69) is 38.2 Å². The maximum atomic E-state index is 12.1. The molecule has 0 aromatic rings. The van der Waals surface area contributed by atoms with Crippen molar-refractivity contribution in [3.63, 3.8) is 0 Å². The average molecular weight is 267 g/mol. The fraction of sp³-hybridized carbons (Fsp3) is 0.800. The molecule has 0 saturated carbocycles. The van der Waals surface area contributed by atoms with Gasteiger partial charge in [0.1, 0.15) is 0 Å². The molecule has 0 fully saturated rings. The molecule has 4 nitrogen and oxygen atoms in total. The monoisotopic (exact) mass is 267 g/mol. The summed E-state index contributed by atoms with van der Waals surface area (Å²) in [5.74, 6) is 0.693. The van der Waals surface area contributed by atoms with E-state index in [1.165, 1.54) is 0 Å². The van der Waals surface area contributed by atoms with E-state index in [0.29, 0.717) is 12.0 Å². The predicted octanol–water partition coefficient (Wildman–Crippen LogP) is 1.37. The van der Waals surface area contributed by atoms with Crippen molar-refractivity contribution in [1.82, 2.24) is 10.2 Å². The van der Waals surface area contributed by atoms with Gasteiger partial charge in [-0.25, -0.2) is 0 Å². The largest absolute Gasteiger partial charge is 0.354 e. The van der Waals surface area contributed by atoms with Gasteiger partial charge < -0.3 is 16.0 Å². The van der Waals surface area contributed by atoms with Crippen molar-refractivity contribution in [2.45, 2.75) is 45.2 Å². The molecule has 1 aliphatic rings. The maximum Gasteiger partial charge on any atom is 0.227 e. The van der Waals surface area contributed by atoms with Gasteiger partial charge in [-0.1, -0.05) is 38.8 Å². The number of carbonyl (C=O) groups is 1. The van der Waals surface area contributed by atoms with Gasteiger partial charge >= 0.3 is 0 Å². The minimum Gasteiger partial charge on any atom is -0.354 e. The third kappa shape index (κ3) is 4.62. The SMILES string of the molecule is CCC(CC)C(CNC(=O)C1C=CC(N)C1)N(C)C. The molecular formula is C15H29N3O. The van der Waals surface area contributed by atoms with E-state index in [4.69, 9.17) is 5.73 Å². The standard InChI is InChI=1S/C15H29N3O/c1-5-11(6-2)14(18(3)4)10-17-15(19)12-7-8-13(16)9-12/h7-8,11-14H,5-6,9-10,16H2,1-4H3,(H,17,19). The second-order valence-electron chi connectivity index (χ2n) is 5.74. The van der Waals surface area contributed by atoms with E-state index in [-0.39, 0.29) is 17.9 Å². The molecule has 1 rings (SSSR count). The Balaban J connectivity index is 2.48. The minimum absolute atomic E-state index is 0.0411. The van der Waals surface area contributed by atoms with Gasteiger partial charge in [0.05, 0.1) is 5.92 Å². The van der Waals surface area contributed by atoms with Gasteiger partial charge in [-0.15, -0.1) is 0 Å². The first-order chi connectivity index (χ1) is 8.99. The quantitative estimate of drug-likeness (QED) is 0.685. The third-order valence-electron chi connectivity index (χ3n) is 4.20. The van der Waals surface area contributed by atoms with E-state index in [1.807, 2.05) is 12.2 Å². The van der Waals surface area contributed by atoms with E-state index in [9.17, 15) is 4.79 Å². The Morgan fingerprint density at radius 2 is 2.00 bits per heavy atom. The zero-order valence-electron chi connectivity index (χ0n) is 12.7. The number of nitrogens with one attached hydrogen (secondary N) is 1. The summed E-state index contributed by atoms with van der Waals surface area (Å²) in [4.78, 5) is 14.3. The van der Waals surface area contributed by atoms with Gasteiger partial charge in [-0.3, -0.25) is 4.79 Å². The van der Waals surface area contributed by atoms with Crippen LogP contribution in [-0.4, -0.2) is 43.5 Å². The molecule has 0 aromatic heterocycles. The summed E-state index contributed by atoms with van der Waals surface area (Å²) in [5, 5.41) is 3.09. The van der Waals surface area contributed by atoms with Gasteiger partial charge in [-0.2, -0.15) is 0 Å². The lowest BCUT2D eigenvalue weighted by atomic mass is 9.93. The van der Waals surface area contributed by atoms with Crippen LogP contribution in [0, 0.1) is 11.8 Å². The highest BCUT2D eigenvalue weighted by molar-refractivity contribution is 5.81. The van der Waals surface area contributed by atoms with E-state index in [0.717, 1.165) is 25.8 Å². The molecule has 0 radical (unpaired) electrons. The molecule has 0 spiro atoms. The van der Waals surface area contributed by atoms with Crippen LogP contribution in [0.2, 0.25) is 0 Å². The number of amides is 1. The number of rotatable bonds is 7. The Bertz CT molecular complexity index is 311. The molecule has 3 atom stereocenters. The summed E-state index contributed by atoms with van der Waals surface area (Å²) < 4.78 is 0. The molecule has 3 N–H and O–H groups in total. The molecule has 1 aliphatic carbocycles. The second-order valence-corrected chi connectivity index (χ2v) is 5.74. The minimum atomic E-state index is -0.0421. The molecule has 4 heteroatoms. The molecule has 110 valence electrons. The van der Waals surface area contributed by atoms with Crippen molar-refractivity contribution in [1.29, 1.82) is 0 Å². The van der Waals surface area contributed by atoms with Crippen LogP contribution in [-0.2, 0) is 4.79 Å². The molecular weight excluding hydrogens is 238 g/mol. The van der Waals surface area contributed by atoms with Crippen molar-refractivity contribution >= 4 is 5.91 Å². The molecule has 0 aromatic carbocycles. The Labute approximate surface area is 117 Å². The smallest absolute Gasteiger partial charge is 0.227 e. The number of hydrogen-bond acceptors (Lipinski definition) is 3. The lowest BCUT2D eigenvalue weighted by Gasteiger charge is -2.31. The molecule has 1 amide bonds. The zero-order chi connectivity index (χ0) is 14.4. The Kier molecular flexibility index (Phi) is 6.52. The molecule has 0 bridgehead atoms. The van der Waals surface area contributed by atoms with Gasteiger partial charge in [0.25, 0.3) is 0 Å². The predicted molar refractivity (Wildman–Crippen MR) is 79.8 cm³/mol. The number of hydrogen-bond donors (Lipinski definition) is 2. The highest BCUT2D eigenvalue weighted by Crippen LogP contribution is 2.18. The van der Waals surface area contributed by atoms with Gasteiger partial charge in [0.2, 0.25) is 5.91 Å². The first kappa shape index (κ1) is 16.2. The summed E-state index contributed by atoms with van der Waals surface area (Å²) in [5.41, 5.74) is 5.78. The van der Waals surface area contributed by atoms with Crippen LogP contribution >= 0.6 is 0 Å². The van der Waals surface area contributed by atoms with Gasteiger partial charge in [-0.05, 0) is 26.4 Å². The van der Waals surface area contributed by atoms with Crippen LogP contribution in [0.1, 0.15) is 33.1 Å². The number of nitrogens with zero attached hydrogens (tertiary/aromatic N) is 1. The number of likely N-dealkylation sites (N-methyl/N-ethyl adjacent to an activating group) is 1. The normalized spacial score (nSPS) is 24.2. The van der Waals surface area contributed by atoms with Crippen molar-refractivity contribution in [2.24, 2.45) is 17.6 Å². The fourth-order valence-corrected chi connectivity index (χ4v) is 2.86. The second kappa shape index (κ2) is 7.65. The molecule has 19 heavy (non-hydrogen) atoms. The highest BCUT2D eigenvalue weighted by atomic mass is 16.1. The highest BCUT2D eigenvalue weighted by Gasteiger charge is 2.25. The summed E-state index contributed by atoms with van der Waals surface area (Å²) in [7, 11) is 4.17. The van der Waals surface area contributed by atoms with E-state index >= 15 is 0 Å². The summed E-state index contributed by atoms with van der Waals surface area (Å²) in [6.07, 6.45) is 6.88. The lowest BCUT2D eigenvalue weighted by molar-refractivity contribution is -0.123. The van der Waals surface area contributed by atoms with Crippen molar-refractivity contribution in [3.8, 4) is 0 Å². The molecule has 0 saturated heterocycles. The number of nitrogens with two attached hydrogens (primary N) is 1. The lowest BCUT2D eigenvalue weighted by Crippen LogP contribution is -2.45. The van der Waals surface area contributed by atoms with Crippen LogP contribution in [0.25, 0.3) is 0 Å². The molecule has 0 aliphatic heterocycles. The van der Waals surface area contributed by atoms with Crippen LogP contribution in [0.3, 0.4) is 0 Å². The zero-order valence-corrected chi connectivity index (χ0v) is 12.7. The topological polar surface area (TPSA) is 58.4 Å². The Morgan fingerprint density at radius 3 is 2.42 bits per heavy atom. The van der Waals surface area contributed by atoms with Gasteiger partial charge in [0, 0.05) is 18.6 Å². The molecule has 0 heterocycles. The summed E-state index contributed by atoms with van der Waals surface area (Å²) in [6, 6.07) is 0.442. The Morgan fingerprint density at radius 1 is 1.37 bits per heavy atom. The molecule has 3 unspecified atom stereocenters. The average Bonchev–Trinajstić information content (AvgIpc) is 2.80. The third-order valence-corrected chi connectivity index (χ3v) is 4.20. The van der Waals surface area contributed by atoms with Crippen LogP contribution in [0.15, 0.2) is 12.2 Å². The maximum absolute atomic E-state index is 12.1. The van der Waals surface area contributed by atoms with Gasteiger partial charge in [0.15, 0.2) is 0 Å². The van der Waals surface area contributed by atoms with Crippen molar-refractivity contribution in [3.05, 3.63) is 12.2 Å². The van der Waals surface area contributed by atoms with Crippen LogP contribution in [0.4, 0.5) is 0 Å². The van der Waals surface area contributed by atoms with Crippen LogP contribution in [0.5, 0.6) is 0 Å². The Hall–Kier alpha value is -0.870. The first-order valence-electron chi connectivity index (χ1n) is 7.37. The summed E-state index contributed by atoms with van der Waals surface area (Å²) >= 11 is 0. The van der Waals surface area contributed by atoms with Crippen molar-refractivity contribution in [2.75, 3.05) is 20.6 Å². The van der Waals surface area contributed by atoms with Crippen LogP contribution < -0.4 is 11.1 Å². The van der Waals surface area contributed by atoms with E-state index in [1.54, 1.807) is 0 Å².